The number of aromatic nitrogens is 1. The lowest BCUT2D eigenvalue weighted by Gasteiger charge is -2.20. The van der Waals surface area contributed by atoms with E-state index >= 15 is 0 Å². The minimum absolute atomic E-state index is 0.0418. The Hall–Kier alpha value is -2.23. The number of aryl methyl sites for hydroxylation is 1. The van der Waals surface area contributed by atoms with Gasteiger partial charge in [-0.1, -0.05) is 19.1 Å². The molecule has 0 bridgehead atoms. The maximum Gasteiger partial charge on any atom is 0.274 e. The largest absolute Gasteiger partial charge is 0.397 e. The molecule has 0 spiro atoms. The molecular weight excluding hydrogens is 250 g/mol. The monoisotopic (exact) mass is 269 g/mol. The van der Waals surface area contributed by atoms with Crippen LogP contribution in [-0.4, -0.2) is 17.0 Å². The second kappa shape index (κ2) is 5.04. The molecule has 1 aromatic heterocycles. The third-order valence-corrected chi connectivity index (χ3v) is 3.78. The van der Waals surface area contributed by atoms with Crippen molar-refractivity contribution >= 4 is 17.3 Å². The van der Waals surface area contributed by atoms with Crippen LogP contribution in [0.5, 0.6) is 0 Å². The number of nitrogens with zero attached hydrogens (tertiary/aromatic N) is 2. The Morgan fingerprint density at radius 2 is 2.15 bits per heavy atom. The van der Waals surface area contributed by atoms with Gasteiger partial charge in [-0.25, -0.2) is 0 Å². The van der Waals surface area contributed by atoms with Crippen LogP contribution in [0.2, 0.25) is 0 Å². The van der Waals surface area contributed by atoms with E-state index in [4.69, 9.17) is 5.73 Å². The van der Waals surface area contributed by atoms with Crippen LogP contribution >= 0.6 is 0 Å². The van der Waals surface area contributed by atoms with Crippen molar-refractivity contribution in [3.63, 3.8) is 0 Å². The highest BCUT2D eigenvalue weighted by atomic mass is 16.2. The molecule has 2 aromatic rings. The van der Waals surface area contributed by atoms with Crippen LogP contribution in [-0.2, 0) is 13.0 Å². The zero-order chi connectivity index (χ0) is 14.1. The summed E-state index contributed by atoms with van der Waals surface area (Å²) < 4.78 is 2.01. The van der Waals surface area contributed by atoms with Crippen LogP contribution < -0.4 is 10.6 Å². The zero-order valence-corrected chi connectivity index (χ0v) is 11.7. The molecule has 0 saturated heterocycles. The molecule has 2 N–H and O–H groups in total. The van der Waals surface area contributed by atoms with Crippen molar-refractivity contribution in [1.29, 1.82) is 0 Å². The number of amides is 1. The van der Waals surface area contributed by atoms with Crippen molar-refractivity contribution in [2.24, 2.45) is 0 Å². The lowest BCUT2D eigenvalue weighted by atomic mass is 10.1. The van der Waals surface area contributed by atoms with Crippen LogP contribution in [0.4, 0.5) is 11.4 Å². The lowest BCUT2D eigenvalue weighted by Crippen LogP contribution is -2.31. The van der Waals surface area contributed by atoms with Gasteiger partial charge in [0.25, 0.3) is 5.91 Å². The van der Waals surface area contributed by atoms with Gasteiger partial charge in [-0.3, -0.25) is 4.79 Å². The second-order valence-corrected chi connectivity index (χ2v) is 5.15. The first-order chi connectivity index (χ1) is 9.72. The van der Waals surface area contributed by atoms with Gasteiger partial charge in [0.15, 0.2) is 0 Å². The van der Waals surface area contributed by atoms with Gasteiger partial charge in [-0.05, 0) is 36.6 Å². The van der Waals surface area contributed by atoms with Gasteiger partial charge in [-0.2, -0.15) is 0 Å². The molecule has 1 aliphatic rings. The fraction of sp³-hybridized carbons (Fsp3) is 0.312. The molecule has 1 aromatic carbocycles. The summed E-state index contributed by atoms with van der Waals surface area (Å²) >= 11 is 0. The van der Waals surface area contributed by atoms with E-state index in [1.165, 1.54) is 0 Å². The summed E-state index contributed by atoms with van der Waals surface area (Å²) in [5.74, 6) is 0.0418. The molecule has 3 rings (SSSR count). The highest BCUT2D eigenvalue weighted by Gasteiger charge is 2.28. The van der Waals surface area contributed by atoms with Gasteiger partial charge in [0.1, 0.15) is 5.69 Å². The Labute approximate surface area is 118 Å². The molecule has 0 unspecified atom stereocenters. The second-order valence-electron chi connectivity index (χ2n) is 5.15. The fourth-order valence-electron chi connectivity index (χ4n) is 2.87. The molecule has 1 aliphatic heterocycles. The Kier molecular flexibility index (Phi) is 3.22. The summed E-state index contributed by atoms with van der Waals surface area (Å²) in [6.07, 6.45) is 3.84. The van der Waals surface area contributed by atoms with Crippen molar-refractivity contribution in [1.82, 2.24) is 4.57 Å². The van der Waals surface area contributed by atoms with Crippen LogP contribution in [0.15, 0.2) is 36.5 Å². The molecule has 2 heterocycles. The summed E-state index contributed by atoms with van der Waals surface area (Å²) in [6, 6.07) is 9.66. The van der Waals surface area contributed by atoms with Crippen LogP contribution in [0.3, 0.4) is 0 Å². The maximum absolute atomic E-state index is 12.8. The molecule has 4 heteroatoms. The number of nitrogens with two attached hydrogens (primary N) is 1. The fourth-order valence-corrected chi connectivity index (χ4v) is 2.87. The molecule has 104 valence electrons. The van der Waals surface area contributed by atoms with Gasteiger partial charge in [0.05, 0.1) is 11.4 Å². The van der Waals surface area contributed by atoms with E-state index in [1.807, 2.05) is 46.0 Å². The molecule has 4 nitrogen and oxygen atoms in total. The number of hydrogen-bond donors (Lipinski definition) is 1. The smallest absolute Gasteiger partial charge is 0.274 e. The van der Waals surface area contributed by atoms with Crippen molar-refractivity contribution in [2.75, 3.05) is 17.2 Å². The van der Waals surface area contributed by atoms with Crippen molar-refractivity contribution in [3.05, 3.63) is 47.8 Å². The number of hydrogen-bond acceptors (Lipinski definition) is 2. The number of para-hydroxylation sites is 1. The summed E-state index contributed by atoms with van der Waals surface area (Å²) in [5, 5.41) is 0. The molecule has 0 radical (unpaired) electrons. The minimum Gasteiger partial charge on any atom is -0.397 e. The van der Waals surface area contributed by atoms with E-state index in [-0.39, 0.29) is 5.91 Å². The average molecular weight is 269 g/mol. The Bertz CT molecular complexity index is 645. The van der Waals surface area contributed by atoms with Crippen molar-refractivity contribution in [3.8, 4) is 0 Å². The highest BCUT2D eigenvalue weighted by Crippen LogP contribution is 2.34. The normalized spacial score (nSPS) is 13.6. The summed E-state index contributed by atoms with van der Waals surface area (Å²) in [7, 11) is 0. The van der Waals surface area contributed by atoms with Crippen LogP contribution in [0, 0.1) is 0 Å². The number of anilines is 2. The van der Waals surface area contributed by atoms with E-state index in [0.717, 1.165) is 36.3 Å². The number of carbonyl (C=O) groups is 1. The Morgan fingerprint density at radius 3 is 2.95 bits per heavy atom. The topological polar surface area (TPSA) is 51.3 Å². The molecule has 0 saturated carbocycles. The van der Waals surface area contributed by atoms with E-state index < -0.39 is 0 Å². The molecule has 20 heavy (non-hydrogen) atoms. The lowest BCUT2D eigenvalue weighted by molar-refractivity contribution is 0.0980. The van der Waals surface area contributed by atoms with Crippen LogP contribution in [0.25, 0.3) is 0 Å². The SMILES string of the molecule is CCCn1cccc1C(=O)N1CCc2cccc(N)c21. The zero-order valence-electron chi connectivity index (χ0n) is 11.7. The quantitative estimate of drug-likeness (QED) is 0.871. The minimum atomic E-state index is 0.0418. The first-order valence-corrected chi connectivity index (χ1v) is 7.06. The van der Waals surface area contributed by atoms with Gasteiger partial charge < -0.3 is 15.2 Å². The first kappa shape index (κ1) is 12.8. The van der Waals surface area contributed by atoms with Crippen molar-refractivity contribution < 1.29 is 4.79 Å². The predicted octanol–water partition coefficient (Wildman–Crippen LogP) is 2.68. The first-order valence-electron chi connectivity index (χ1n) is 7.06. The maximum atomic E-state index is 12.8. The van der Waals surface area contributed by atoms with E-state index in [2.05, 4.69) is 6.92 Å². The molecule has 0 atom stereocenters. The third-order valence-electron chi connectivity index (χ3n) is 3.78. The number of fused-ring (bicyclic) bond motifs is 1. The number of nitrogen functional groups attached to an aromatic ring is 1. The standard InChI is InChI=1S/C16H19N3O/c1-2-9-18-10-4-7-14(18)16(20)19-11-8-12-5-3-6-13(17)15(12)19/h3-7,10H,2,8-9,11,17H2,1H3. The third kappa shape index (κ3) is 1.97. The van der Waals surface area contributed by atoms with E-state index in [9.17, 15) is 4.79 Å². The van der Waals surface area contributed by atoms with Gasteiger partial charge >= 0.3 is 0 Å². The summed E-state index contributed by atoms with van der Waals surface area (Å²) in [5.41, 5.74) is 9.52. The van der Waals surface area contributed by atoms with E-state index in [0.29, 0.717) is 12.2 Å². The number of rotatable bonds is 3. The Morgan fingerprint density at radius 1 is 1.30 bits per heavy atom. The number of benzene rings is 1. The van der Waals surface area contributed by atoms with Gasteiger partial charge in [0.2, 0.25) is 0 Å². The molecule has 0 fully saturated rings. The molecular formula is C16H19N3O. The van der Waals surface area contributed by atoms with Crippen molar-refractivity contribution in [2.45, 2.75) is 26.3 Å². The van der Waals surface area contributed by atoms with Gasteiger partial charge in [-0.15, -0.1) is 0 Å². The van der Waals surface area contributed by atoms with E-state index in [1.54, 1.807) is 0 Å². The average Bonchev–Trinajstić information content (AvgIpc) is 3.05. The predicted molar refractivity (Wildman–Crippen MR) is 81.0 cm³/mol. The van der Waals surface area contributed by atoms with Crippen LogP contribution in [0.1, 0.15) is 29.4 Å². The van der Waals surface area contributed by atoms with Gasteiger partial charge in [0, 0.05) is 19.3 Å². The Balaban J connectivity index is 1.96. The highest BCUT2D eigenvalue weighted by molar-refractivity contribution is 6.08. The molecule has 1 amide bonds. The molecule has 0 aliphatic carbocycles. The summed E-state index contributed by atoms with van der Waals surface area (Å²) in [4.78, 5) is 14.6. The number of carbonyl (C=O) groups excluding carboxylic acids is 1. The summed E-state index contributed by atoms with van der Waals surface area (Å²) in [6.45, 7) is 3.68.